The predicted molar refractivity (Wildman–Crippen MR) is 63.3 cm³/mol. The summed E-state index contributed by atoms with van der Waals surface area (Å²) in [6.07, 6.45) is 0. The molecule has 0 saturated carbocycles. The van der Waals surface area contributed by atoms with Crippen LogP contribution in [0.25, 0.3) is 0 Å². The highest BCUT2D eigenvalue weighted by Crippen LogP contribution is 2.25. The number of aliphatic hydroxyl groups excluding tert-OH is 1. The number of rotatable bonds is 5. The number of nitrogens with two attached hydrogens (primary N) is 1. The van der Waals surface area contributed by atoms with Crippen molar-refractivity contribution in [1.29, 1.82) is 0 Å². The van der Waals surface area contributed by atoms with Crippen LogP contribution in [0.15, 0.2) is 18.2 Å². The molecule has 4 N–H and O–H groups in total. The Labute approximate surface area is 99.2 Å². The second-order valence-electron chi connectivity index (χ2n) is 3.13. The fourth-order valence-electron chi connectivity index (χ4n) is 1.34. The van der Waals surface area contributed by atoms with Gasteiger partial charge in [-0.25, -0.2) is 0 Å². The Morgan fingerprint density at radius 2 is 2.13 bits per heavy atom. The highest BCUT2D eigenvalue weighted by atomic mass is 35.5. The van der Waals surface area contributed by atoms with Gasteiger partial charge in [-0.1, -0.05) is 23.2 Å². The van der Waals surface area contributed by atoms with Crippen LogP contribution >= 0.6 is 23.2 Å². The van der Waals surface area contributed by atoms with E-state index in [0.717, 1.165) is 5.56 Å². The lowest BCUT2D eigenvalue weighted by atomic mass is 10.1. The molecule has 0 saturated heterocycles. The third-order valence-electron chi connectivity index (χ3n) is 2.07. The summed E-state index contributed by atoms with van der Waals surface area (Å²) in [6, 6.07) is 5.17. The average Bonchev–Trinajstić information content (AvgIpc) is 2.24. The second kappa shape index (κ2) is 6.30. The Morgan fingerprint density at radius 3 is 2.73 bits per heavy atom. The molecule has 0 aliphatic rings. The topological polar surface area (TPSA) is 58.3 Å². The van der Waals surface area contributed by atoms with Gasteiger partial charge in [0.1, 0.15) is 0 Å². The second-order valence-corrected chi connectivity index (χ2v) is 3.98. The van der Waals surface area contributed by atoms with Crippen molar-refractivity contribution in [2.45, 2.75) is 6.04 Å². The van der Waals surface area contributed by atoms with Gasteiger partial charge in [-0.05, 0) is 23.8 Å². The maximum Gasteiger partial charge on any atom is 0.0556 e. The van der Waals surface area contributed by atoms with Crippen molar-refractivity contribution >= 4 is 23.2 Å². The molecule has 0 aliphatic heterocycles. The Hall–Kier alpha value is -0.320. The van der Waals surface area contributed by atoms with E-state index in [-0.39, 0.29) is 12.6 Å². The van der Waals surface area contributed by atoms with E-state index in [0.29, 0.717) is 23.1 Å². The number of hydrogen-bond acceptors (Lipinski definition) is 3. The molecule has 1 unspecified atom stereocenters. The van der Waals surface area contributed by atoms with Gasteiger partial charge in [-0.15, -0.1) is 0 Å². The molecule has 0 aliphatic carbocycles. The first kappa shape index (κ1) is 12.7. The van der Waals surface area contributed by atoms with Gasteiger partial charge in [-0.3, -0.25) is 0 Å². The molecule has 0 heterocycles. The molecule has 1 atom stereocenters. The van der Waals surface area contributed by atoms with Crippen molar-refractivity contribution in [1.82, 2.24) is 5.32 Å². The quantitative estimate of drug-likeness (QED) is 0.742. The zero-order valence-electron chi connectivity index (χ0n) is 8.21. The first-order chi connectivity index (χ1) is 7.19. The molecule has 5 heteroatoms. The summed E-state index contributed by atoms with van der Waals surface area (Å²) in [4.78, 5) is 0. The highest BCUT2D eigenvalue weighted by molar-refractivity contribution is 6.33. The summed E-state index contributed by atoms with van der Waals surface area (Å²) >= 11 is 11.9. The lowest BCUT2D eigenvalue weighted by Gasteiger charge is -2.18. The molecule has 0 radical (unpaired) electrons. The van der Waals surface area contributed by atoms with E-state index in [1.54, 1.807) is 18.2 Å². The van der Waals surface area contributed by atoms with Crippen molar-refractivity contribution in [3.63, 3.8) is 0 Å². The number of benzene rings is 1. The van der Waals surface area contributed by atoms with E-state index in [4.69, 9.17) is 34.0 Å². The first-order valence-electron chi connectivity index (χ1n) is 4.68. The molecule has 84 valence electrons. The van der Waals surface area contributed by atoms with Crippen LogP contribution in [0.1, 0.15) is 11.6 Å². The molecule has 3 nitrogen and oxygen atoms in total. The minimum absolute atomic E-state index is 0.0642. The molecular formula is C10H14Cl2N2O. The normalized spacial score (nSPS) is 12.8. The van der Waals surface area contributed by atoms with Crippen molar-refractivity contribution in [2.24, 2.45) is 5.73 Å². The van der Waals surface area contributed by atoms with E-state index < -0.39 is 0 Å². The van der Waals surface area contributed by atoms with Crippen LogP contribution in [0.4, 0.5) is 0 Å². The van der Waals surface area contributed by atoms with Gasteiger partial charge >= 0.3 is 0 Å². The molecule has 15 heavy (non-hydrogen) atoms. The number of nitrogens with one attached hydrogen (secondary N) is 1. The molecule has 0 amide bonds. The SMILES string of the molecule is NCC(NCCO)c1cc(Cl)ccc1Cl. The summed E-state index contributed by atoms with van der Waals surface area (Å²) in [6.45, 7) is 0.944. The number of hydrogen-bond donors (Lipinski definition) is 3. The largest absolute Gasteiger partial charge is 0.395 e. The van der Waals surface area contributed by atoms with Gasteiger partial charge in [0.15, 0.2) is 0 Å². The third-order valence-corrected chi connectivity index (χ3v) is 2.65. The van der Waals surface area contributed by atoms with Gasteiger partial charge < -0.3 is 16.2 Å². The van der Waals surface area contributed by atoms with Crippen molar-refractivity contribution in [2.75, 3.05) is 19.7 Å². The van der Waals surface area contributed by atoms with Crippen LogP contribution in [-0.2, 0) is 0 Å². The van der Waals surface area contributed by atoms with Crippen LogP contribution in [0.3, 0.4) is 0 Å². The number of halogens is 2. The fourth-order valence-corrected chi connectivity index (χ4v) is 1.77. The zero-order chi connectivity index (χ0) is 11.3. The highest BCUT2D eigenvalue weighted by Gasteiger charge is 2.12. The smallest absolute Gasteiger partial charge is 0.0556 e. The van der Waals surface area contributed by atoms with Crippen LogP contribution in [0, 0.1) is 0 Å². The molecule has 1 aromatic rings. The molecule has 0 bridgehead atoms. The van der Waals surface area contributed by atoms with E-state index in [1.165, 1.54) is 0 Å². The Bertz CT molecular complexity index is 320. The molecule has 0 fully saturated rings. The van der Waals surface area contributed by atoms with Gasteiger partial charge in [-0.2, -0.15) is 0 Å². The maximum absolute atomic E-state index is 8.72. The van der Waals surface area contributed by atoms with Crippen LogP contribution < -0.4 is 11.1 Å². The van der Waals surface area contributed by atoms with E-state index in [2.05, 4.69) is 5.32 Å². The third kappa shape index (κ3) is 3.63. The van der Waals surface area contributed by atoms with Gasteiger partial charge in [0.2, 0.25) is 0 Å². The fraction of sp³-hybridized carbons (Fsp3) is 0.400. The van der Waals surface area contributed by atoms with E-state index >= 15 is 0 Å². The summed E-state index contributed by atoms with van der Waals surface area (Å²) in [5.41, 5.74) is 6.48. The summed E-state index contributed by atoms with van der Waals surface area (Å²) in [7, 11) is 0. The van der Waals surface area contributed by atoms with Crippen molar-refractivity contribution < 1.29 is 5.11 Å². The van der Waals surface area contributed by atoms with Crippen LogP contribution in [-0.4, -0.2) is 24.8 Å². The minimum Gasteiger partial charge on any atom is -0.395 e. The Morgan fingerprint density at radius 1 is 1.40 bits per heavy atom. The van der Waals surface area contributed by atoms with E-state index in [1.807, 2.05) is 0 Å². The average molecular weight is 249 g/mol. The summed E-state index contributed by atoms with van der Waals surface area (Å²) in [5, 5.41) is 13.1. The monoisotopic (exact) mass is 248 g/mol. The Balaban J connectivity index is 2.85. The summed E-state index contributed by atoms with van der Waals surface area (Å²) in [5.74, 6) is 0. The van der Waals surface area contributed by atoms with Gasteiger partial charge in [0.25, 0.3) is 0 Å². The van der Waals surface area contributed by atoms with Gasteiger partial charge in [0, 0.05) is 29.2 Å². The van der Waals surface area contributed by atoms with Crippen LogP contribution in [0.2, 0.25) is 10.0 Å². The maximum atomic E-state index is 8.72. The molecule has 0 aromatic heterocycles. The lowest BCUT2D eigenvalue weighted by Crippen LogP contribution is -2.30. The van der Waals surface area contributed by atoms with Crippen molar-refractivity contribution in [3.8, 4) is 0 Å². The number of aliphatic hydroxyl groups is 1. The molecule has 1 aromatic carbocycles. The molecular weight excluding hydrogens is 235 g/mol. The Kier molecular flexibility index (Phi) is 5.36. The minimum atomic E-state index is -0.0802. The van der Waals surface area contributed by atoms with E-state index in [9.17, 15) is 0 Å². The predicted octanol–water partition coefficient (Wildman–Crippen LogP) is 1.58. The zero-order valence-corrected chi connectivity index (χ0v) is 9.72. The van der Waals surface area contributed by atoms with Crippen LogP contribution in [0.5, 0.6) is 0 Å². The molecule has 1 rings (SSSR count). The standard InChI is InChI=1S/C10H14Cl2N2O/c11-7-1-2-9(12)8(5-7)10(6-13)14-3-4-15/h1-2,5,10,14-15H,3-4,6,13H2. The summed E-state index contributed by atoms with van der Waals surface area (Å²) < 4.78 is 0. The molecule has 0 spiro atoms. The lowest BCUT2D eigenvalue weighted by molar-refractivity contribution is 0.285. The first-order valence-corrected chi connectivity index (χ1v) is 5.44. The van der Waals surface area contributed by atoms with Gasteiger partial charge in [0.05, 0.1) is 6.61 Å². The van der Waals surface area contributed by atoms with Crippen molar-refractivity contribution in [3.05, 3.63) is 33.8 Å².